The van der Waals surface area contributed by atoms with Gasteiger partial charge in [-0.05, 0) is 98.1 Å². The number of nitrogens with zero attached hydrogens (tertiary/aromatic N) is 1. The average Bonchev–Trinajstić information content (AvgIpc) is 2.79. The lowest BCUT2D eigenvalue weighted by Gasteiger charge is -2.36. The minimum Gasteiger partial charge on any atom is -0.332 e. The van der Waals surface area contributed by atoms with Crippen LogP contribution in [0.2, 0.25) is 0 Å². The quantitative estimate of drug-likeness (QED) is 0.454. The fourth-order valence-electron chi connectivity index (χ4n) is 4.11. The van der Waals surface area contributed by atoms with Crippen molar-refractivity contribution in [1.82, 2.24) is 0 Å². The third-order valence-electron chi connectivity index (χ3n) is 5.83. The van der Waals surface area contributed by atoms with E-state index in [1.807, 2.05) is 31.2 Å². The van der Waals surface area contributed by atoms with E-state index in [0.29, 0.717) is 34.9 Å². The number of nitrogens with one attached hydrogen (secondary N) is 2. The minimum absolute atomic E-state index is 0.173. The first kappa shape index (κ1) is 23.2. The lowest BCUT2D eigenvalue weighted by Crippen LogP contribution is -2.42. The maximum atomic E-state index is 13.7. The molecule has 0 radical (unpaired) electrons. The number of aryl methyl sites for hydroxylation is 2. The Morgan fingerprint density at radius 2 is 1.82 bits per heavy atom. The molecule has 4 rings (SSSR count). The number of para-hydroxylation sites is 1. The molecule has 33 heavy (non-hydrogen) atoms. The van der Waals surface area contributed by atoms with Crippen LogP contribution in [0.4, 0.5) is 21.5 Å². The van der Waals surface area contributed by atoms with Crippen LogP contribution in [-0.4, -0.2) is 19.6 Å². The van der Waals surface area contributed by atoms with Crippen LogP contribution in [0.15, 0.2) is 71.6 Å². The van der Waals surface area contributed by atoms with Crippen molar-refractivity contribution in [2.75, 3.05) is 14.9 Å². The van der Waals surface area contributed by atoms with Gasteiger partial charge in [0.05, 0.1) is 10.6 Å². The largest absolute Gasteiger partial charge is 0.332 e. The smallest absolute Gasteiger partial charge is 0.264 e. The molecular weight excluding hydrogens is 457 g/mol. The SMILES string of the molecule is CCc1ccccc1NC(=S)Nc1ccc(S(=O)(=O)N2c3ccc(F)cc3CCC2C)cc1. The summed E-state index contributed by atoms with van der Waals surface area (Å²) in [5.41, 5.74) is 4.01. The van der Waals surface area contributed by atoms with Gasteiger partial charge < -0.3 is 10.6 Å². The molecule has 0 amide bonds. The number of anilines is 3. The normalized spacial score (nSPS) is 15.6. The second-order valence-electron chi connectivity index (χ2n) is 8.08. The van der Waals surface area contributed by atoms with Gasteiger partial charge in [0.2, 0.25) is 0 Å². The molecule has 0 aromatic heterocycles. The molecule has 5 nitrogen and oxygen atoms in total. The average molecular weight is 484 g/mol. The fraction of sp³-hybridized carbons (Fsp3) is 0.240. The van der Waals surface area contributed by atoms with Crippen LogP contribution in [0.1, 0.15) is 31.4 Å². The zero-order valence-corrected chi connectivity index (χ0v) is 20.1. The lowest BCUT2D eigenvalue weighted by molar-refractivity contribution is 0.560. The molecule has 3 aromatic rings. The van der Waals surface area contributed by atoms with Crippen LogP contribution in [0.25, 0.3) is 0 Å². The van der Waals surface area contributed by atoms with E-state index < -0.39 is 10.0 Å². The van der Waals surface area contributed by atoms with Crippen LogP contribution in [0, 0.1) is 5.82 Å². The molecule has 1 aliphatic heterocycles. The van der Waals surface area contributed by atoms with E-state index >= 15 is 0 Å². The molecule has 0 bridgehead atoms. The van der Waals surface area contributed by atoms with Crippen molar-refractivity contribution in [1.29, 1.82) is 0 Å². The molecule has 2 N–H and O–H groups in total. The second-order valence-corrected chi connectivity index (χ2v) is 10.3. The van der Waals surface area contributed by atoms with Gasteiger partial charge in [0.25, 0.3) is 10.0 Å². The molecule has 1 unspecified atom stereocenters. The standard InChI is InChI=1S/C25H26FN3O2S2/c1-3-18-6-4-5-7-23(18)28-25(32)27-21-11-13-22(14-12-21)33(30,31)29-17(2)8-9-19-16-20(26)10-15-24(19)29/h4-7,10-17H,3,8-9H2,1-2H3,(H2,27,28,32). The summed E-state index contributed by atoms with van der Waals surface area (Å²) in [6.45, 7) is 3.95. The van der Waals surface area contributed by atoms with E-state index in [4.69, 9.17) is 12.2 Å². The summed E-state index contributed by atoms with van der Waals surface area (Å²) in [5.74, 6) is -0.359. The van der Waals surface area contributed by atoms with E-state index in [1.165, 1.54) is 16.4 Å². The summed E-state index contributed by atoms with van der Waals surface area (Å²) in [6, 6.07) is 18.5. The van der Waals surface area contributed by atoms with Crippen LogP contribution in [0.3, 0.4) is 0 Å². The van der Waals surface area contributed by atoms with Gasteiger partial charge in [-0.1, -0.05) is 25.1 Å². The number of sulfonamides is 1. The summed E-state index contributed by atoms with van der Waals surface area (Å²) >= 11 is 5.42. The number of benzene rings is 3. The highest BCUT2D eigenvalue weighted by Crippen LogP contribution is 2.36. The number of thiocarbonyl (C=S) groups is 1. The van der Waals surface area contributed by atoms with Crippen molar-refractivity contribution in [2.24, 2.45) is 0 Å². The third-order valence-corrected chi connectivity index (χ3v) is 7.97. The van der Waals surface area contributed by atoms with Gasteiger partial charge in [-0.3, -0.25) is 4.31 Å². The van der Waals surface area contributed by atoms with Crippen LogP contribution >= 0.6 is 12.2 Å². The second kappa shape index (κ2) is 9.49. The monoisotopic (exact) mass is 483 g/mol. The first-order valence-corrected chi connectivity index (χ1v) is 12.7. The van der Waals surface area contributed by atoms with Crippen LogP contribution in [0.5, 0.6) is 0 Å². The Bertz CT molecular complexity index is 1280. The number of halogens is 1. The maximum Gasteiger partial charge on any atom is 0.264 e. The predicted molar refractivity (Wildman–Crippen MR) is 136 cm³/mol. The fourth-order valence-corrected chi connectivity index (χ4v) is 6.07. The van der Waals surface area contributed by atoms with E-state index in [1.54, 1.807) is 30.3 Å². The van der Waals surface area contributed by atoms with Gasteiger partial charge >= 0.3 is 0 Å². The highest BCUT2D eigenvalue weighted by Gasteiger charge is 2.34. The van der Waals surface area contributed by atoms with Gasteiger partial charge in [0.1, 0.15) is 5.82 Å². The zero-order chi connectivity index (χ0) is 23.6. The van der Waals surface area contributed by atoms with Crippen molar-refractivity contribution < 1.29 is 12.8 Å². The molecule has 172 valence electrons. The van der Waals surface area contributed by atoms with E-state index in [2.05, 4.69) is 17.6 Å². The first-order valence-electron chi connectivity index (χ1n) is 10.9. The molecule has 3 aromatic carbocycles. The molecule has 8 heteroatoms. The van der Waals surface area contributed by atoms with Crippen molar-refractivity contribution in [3.63, 3.8) is 0 Å². The van der Waals surface area contributed by atoms with Gasteiger partial charge in [0.15, 0.2) is 5.11 Å². The molecule has 1 heterocycles. The Morgan fingerprint density at radius 1 is 1.09 bits per heavy atom. The van der Waals surface area contributed by atoms with Gasteiger partial charge in [-0.2, -0.15) is 0 Å². The molecule has 0 saturated carbocycles. The summed E-state index contributed by atoms with van der Waals surface area (Å²) < 4.78 is 42.0. The Morgan fingerprint density at radius 3 is 2.55 bits per heavy atom. The molecule has 0 aliphatic carbocycles. The predicted octanol–water partition coefficient (Wildman–Crippen LogP) is 5.73. The molecule has 1 aliphatic rings. The molecule has 1 atom stereocenters. The summed E-state index contributed by atoms with van der Waals surface area (Å²) in [6.07, 6.45) is 2.16. The number of hydrogen-bond donors (Lipinski definition) is 2. The number of rotatable bonds is 5. The van der Waals surface area contributed by atoms with Crippen molar-refractivity contribution in [3.05, 3.63) is 83.7 Å². The Kier molecular flexibility index (Phi) is 6.67. The number of hydrogen-bond acceptors (Lipinski definition) is 3. The van der Waals surface area contributed by atoms with Gasteiger partial charge in [-0.25, -0.2) is 12.8 Å². The zero-order valence-electron chi connectivity index (χ0n) is 18.5. The van der Waals surface area contributed by atoms with E-state index in [0.717, 1.165) is 17.7 Å². The van der Waals surface area contributed by atoms with Crippen LogP contribution in [-0.2, 0) is 22.9 Å². The van der Waals surface area contributed by atoms with Crippen molar-refractivity contribution in [3.8, 4) is 0 Å². The summed E-state index contributed by atoms with van der Waals surface area (Å²) in [4.78, 5) is 0.173. The Labute approximate surface area is 199 Å². The lowest BCUT2D eigenvalue weighted by atomic mass is 9.99. The first-order chi connectivity index (χ1) is 15.8. The summed E-state index contributed by atoms with van der Waals surface area (Å²) in [5, 5.41) is 6.72. The maximum absolute atomic E-state index is 13.7. The molecule has 0 fully saturated rings. The number of fused-ring (bicyclic) bond motifs is 1. The minimum atomic E-state index is -3.81. The highest BCUT2D eigenvalue weighted by atomic mass is 32.2. The topological polar surface area (TPSA) is 61.4 Å². The van der Waals surface area contributed by atoms with Crippen molar-refractivity contribution >= 4 is 44.4 Å². The molecule has 0 saturated heterocycles. The van der Waals surface area contributed by atoms with Gasteiger partial charge in [0, 0.05) is 17.4 Å². The third kappa shape index (κ3) is 4.86. The summed E-state index contributed by atoms with van der Waals surface area (Å²) in [7, 11) is -3.81. The Balaban J connectivity index is 1.53. The van der Waals surface area contributed by atoms with Gasteiger partial charge in [-0.15, -0.1) is 0 Å². The van der Waals surface area contributed by atoms with Crippen LogP contribution < -0.4 is 14.9 Å². The van der Waals surface area contributed by atoms with E-state index in [-0.39, 0.29) is 16.8 Å². The Hall–Kier alpha value is -2.97. The molecular formula is C25H26FN3O2S2. The van der Waals surface area contributed by atoms with Crippen molar-refractivity contribution in [2.45, 2.75) is 44.0 Å². The molecule has 0 spiro atoms. The highest BCUT2D eigenvalue weighted by molar-refractivity contribution is 7.92. The van der Waals surface area contributed by atoms with E-state index in [9.17, 15) is 12.8 Å².